The molecule has 27 heavy (non-hydrogen) atoms. The topological polar surface area (TPSA) is 62.1 Å². The summed E-state index contributed by atoms with van der Waals surface area (Å²) in [7, 11) is 0. The van der Waals surface area contributed by atoms with Crippen LogP contribution in [0.2, 0.25) is 0 Å². The number of thioether (sulfide) groups is 1. The minimum absolute atomic E-state index is 0. The largest absolute Gasteiger partial charge is 1.00 e. The van der Waals surface area contributed by atoms with Crippen molar-refractivity contribution >= 4 is 17.7 Å². The van der Waals surface area contributed by atoms with Gasteiger partial charge in [0.2, 0.25) is 0 Å². The number of carbonyl (C=O) groups is 1. The first kappa shape index (κ1) is 20.3. The molecule has 136 valence electrons. The Hall–Kier alpha value is -1.41. The van der Waals surface area contributed by atoms with Gasteiger partial charge in [0.15, 0.2) is 0 Å². The molecule has 6 heteroatoms. The van der Waals surface area contributed by atoms with Crippen LogP contribution in [0, 0.1) is 0 Å². The van der Waals surface area contributed by atoms with E-state index in [1.54, 1.807) is 6.07 Å². The maximum Gasteiger partial charge on any atom is 1.00 e. The zero-order valence-electron chi connectivity index (χ0n) is 15.6. The normalized spacial score (nSPS) is 19.3. The van der Waals surface area contributed by atoms with Gasteiger partial charge in [-0.15, -0.1) is 11.8 Å². The molecule has 1 atom stereocenters. The molecular weight excluding hydrogens is 353 g/mol. The van der Waals surface area contributed by atoms with E-state index in [1.807, 2.05) is 18.2 Å². The molecule has 1 aromatic heterocycles. The zero-order valence-corrected chi connectivity index (χ0v) is 16.5. The summed E-state index contributed by atoms with van der Waals surface area (Å²) >= 11 is 1.48. The third-order valence-corrected chi connectivity index (χ3v) is 6.77. The minimum atomic E-state index is -1.17. The molecule has 2 aliphatic rings. The van der Waals surface area contributed by atoms with E-state index in [0.29, 0.717) is 11.7 Å². The van der Waals surface area contributed by atoms with Crippen LogP contribution in [0.15, 0.2) is 46.2 Å². The van der Waals surface area contributed by atoms with E-state index in [-0.39, 0.29) is 24.4 Å². The van der Waals surface area contributed by atoms with Crippen LogP contribution in [-0.2, 0) is 11.2 Å². The summed E-state index contributed by atoms with van der Waals surface area (Å²) in [6.45, 7) is 0. The second-order valence-corrected chi connectivity index (χ2v) is 8.24. The molecule has 4 rings (SSSR count). The number of benzene rings is 1. The molecule has 1 fully saturated rings. The van der Waals surface area contributed by atoms with Crippen LogP contribution in [0.25, 0.3) is 0 Å². The Bertz CT molecular complexity index is 875. The zero-order chi connectivity index (χ0) is 18.1. The van der Waals surface area contributed by atoms with Gasteiger partial charge in [-0.3, -0.25) is 9.36 Å². The summed E-state index contributed by atoms with van der Waals surface area (Å²) in [6, 6.07) is 11.0. The number of carbonyl (C=O) groups excluding carboxylic acids is 1. The van der Waals surface area contributed by atoms with Crippen LogP contribution in [0.4, 0.5) is 0 Å². The van der Waals surface area contributed by atoms with Crippen molar-refractivity contribution in [3.05, 3.63) is 63.4 Å². The van der Waals surface area contributed by atoms with Gasteiger partial charge in [0.1, 0.15) is 0 Å². The fourth-order valence-corrected chi connectivity index (χ4v) is 5.59. The van der Waals surface area contributed by atoms with Crippen LogP contribution in [-0.4, -0.2) is 16.3 Å². The Morgan fingerprint density at radius 1 is 1.15 bits per heavy atom. The molecule has 2 heterocycles. The molecule has 0 spiro atoms. The number of carboxylic acid groups (broad SMARTS) is 1. The Kier molecular flexibility index (Phi) is 6.57. The number of pyridine rings is 1. The minimum Gasteiger partial charge on any atom is -0.548 e. The van der Waals surface area contributed by atoms with E-state index >= 15 is 0 Å². The van der Waals surface area contributed by atoms with Crippen LogP contribution in [0.1, 0.15) is 60.8 Å². The molecule has 0 unspecified atom stereocenters. The van der Waals surface area contributed by atoms with E-state index < -0.39 is 12.0 Å². The maximum atomic E-state index is 12.8. The van der Waals surface area contributed by atoms with Crippen LogP contribution < -0.4 is 29.5 Å². The molecule has 1 aromatic carbocycles. The van der Waals surface area contributed by atoms with Crippen LogP contribution >= 0.6 is 11.8 Å². The Morgan fingerprint density at radius 2 is 1.85 bits per heavy atom. The first-order chi connectivity index (χ1) is 12.6. The molecule has 0 saturated heterocycles. The Balaban J connectivity index is 0.00000210. The van der Waals surface area contributed by atoms with E-state index in [9.17, 15) is 14.7 Å². The van der Waals surface area contributed by atoms with Crippen molar-refractivity contribution in [1.82, 2.24) is 4.57 Å². The molecular formula is C21H22LiNO3S. The number of aromatic nitrogens is 1. The van der Waals surface area contributed by atoms with Crippen molar-refractivity contribution in [2.24, 2.45) is 0 Å². The van der Waals surface area contributed by atoms with Crippen molar-refractivity contribution in [3.8, 4) is 0 Å². The van der Waals surface area contributed by atoms with Crippen molar-refractivity contribution in [2.45, 2.75) is 55.5 Å². The van der Waals surface area contributed by atoms with Gasteiger partial charge in [-0.2, -0.15) is 0 Å². The molecule has 2 aromatic rings. The Labute approximate surface area is 175 Å². The van der Waals surface area contributed by atoms with E-state index in [4.69, 9.17) is 0 Å². The van der Waals surface area contributed by atoms with Gasteiger partial charge < -0.3 is 9.90 Å². The second-order valence-electron chi connectivity index (χ2n) is 7.23. The van der Waals surface area contributed by atoms with E-state index in [0.717, 1.165) is 35.4 Å². The number of carboxylic acids is 1. The average Bonchev–Trinajstić information content (AvgIpc) is 3.12. The second kappa shape index (κ2) is 8.73. The van der Waals surface area contributed by atoms with E-state index in [2.05, 4.69) is 12.1 Å². The molecule has 0 amide bonds. The van der Waals surface area contributed by atoms with Gasteiger partial charge in [-0.1, -0.05) is 49.6 Å². The Morgan fingerprint density at radius 3 is 2.52 bits per heavy atom. The molecule has 1 aliphatic heterocycles. The monoisotopic (exact) mass is 375 g/mol. The van der Waals surface area contributed by atoms with Crippen molar-refractivity contribution in [3.63, 3.8) is 0 Å². The maximum absolute atomic E-state index is 12.8. The van der Waals surface area contributed by atoms with Crippen LogP contribution in [0.3, 0.4) is 0 Å². The summed E-state index contributed by atoms with van der Waals surface area (Å²) in [4.78, 5) is 24.2. The fourth-order valence-electron chi connectivity index (χ4n) is 4.27. The average molecular weight is 375 g/mol. The van der Waals surface area contributed by atoms with Gasteiger partial charge >= 0.3 is 18.9 Å². The number of aliphatic carboxylic acids is 1. The van der Waals surface area contributed by atoms with Crippen molar-refractivity contribution in [1.29, 1.82) is 0 Å². The molecule has 0 radical (unpaired) electrons. The van der Waals surface area contributed by atoms with Gasteiger partial charge in [-0.25, -0.2) is 0 Å². The van der Waals surface area contributed by atoms with E-state index in [1.165, 1.54) is 41.2 Å². The SMILES string of the molecule is O=C([O-])[C@@H]1CSc2c(Cc3ccccc3)c(C3CCCCC3)cc(=O)n21.[Li+]. The quantitative estimate of drug-likeness (QED) is 0.700. The van der Waals surface area contributed by atoms with Gasteiger partial charge in [0.05, 0.1) is 17.0 Å². The van der Waals surface area contributed by atoms with Gasteiger partial charge in [0.25, 0.3) is 5.56 Å². The number of hydrogen-bond acceptors (Lipinski definition) is 4. The number of nitrogens with zero attached hydrogens (tertiary/aromatic N) is 1. The van der Waals surface area contributed by atoms with Gasteiger partial charge in [-0.05, 0) is 35.4 Å². The molecule has 1 saturated carbocycles. The van der Waals surface area contributed by atoms with Gasteiger partial charge in [0, 0.05) is 18.2 Å². The summed E-state index contributed by atoms with van der Waals surface area (Å²) in [6.07, 6.45) is 6.61. The molecule has 0 bridgehead atoms. The molecule has 1 aliphatic carbocycles. The van der Waals surface area contributed by atoms with Crippen LogP contribution in [0.5, 0.6) is 0 Å². The summed E-state index contributed by atoms with van der Waals surface area (Å²) < 4.78 is 1.45. The van der Waals surface area contributed by atoms with Crippen molar-refractivity contribution < 1.29 is 28.8 Å². The predicted molar refractivity (Wildman–Crippen MR) is 101 cm³/mol. The number of hydrogen-bond donors (Lipinski definition) is 0. The fraction of sp³-hybridized carbons (Fsp3) is 0.429. The number of rotatable bonds is 4. The third kappa shape index (κ3) is 4.06. The number of fused-ring (bicyclic) bond motifs is 1. The van der Waals surface area contributed by atoms with Crippen molar-refractivity contribution in [2.75, 3.05) is 5.75 Å². The molecule has 0 N–H and O–H groups in total. The summed E-state index contributed by atoms with van der Waals surface area (Å²) in [5.74, 6) is -0.397. The predicted octanol–water partition coefficient (Wildman–Crippen LogP) is -0.112. The first-order valence-electron chi connectivity index (χ1n) is 9.31. The summed E-state index contributed by atoms with van der Waals surface area (Å²) in [5.41, 5.74) is 3.26. The molecule has 4 nitrogen and oxygen atoms in total. The first-order valence-corrected chi connectivity index (χ1v) is 10.3. The standard InChI is InChI=1S/C21H23NO3S.Li/c23-19-12-16(15-9-5-2-6-10-15)17(11-14-7-3-1-4-8-14)20-22(19)18(13-26-20)21(24)25;/h1,3-4,7-8,12,15,18H,2,5-6,9-11,13H2,(H,24,25);/q;+1/p-1/t18-;/m0./s1. The summed E-state index contributed by atoms with van der Waals surface area (Å²) in [5, 5.41) is 12.3. The smallest absolute Gasteiger partial charge is 0.548 e. The third-order valence-electron chi connectivity index (χ3n) is 5.57.